The number of nitrogens with two attached hydrogens (primary N) is 1. The zero-order chi connectivity index (χ0) is 10.4. The summed E-state index contributed by atoms with van der Waals surface area (Å²) < 4.78 is 0. The van der Waals surface area contributed by atoms with E-state index < -0.39 is 0 Å². The Morgan fingerprint density at radius 1 is 1.36 bits per heavy atom. The molecule has 1 radical (unpaired) electrons. The van der Waals surface area contributed by atoms with Crippen molar-refractivity contribution in [3.05, 3.63) is 30.7 Å². The van der Waals surface area contributed by atoms with Crippen LogP contribution in [0.2, 0.25) is 0 Å². The summed E-state index contributed by atoms with van der Waals surface area (Å²) >= 11 is 0. The Balaban J connectivity index is 2.71. The van der Waals surface area contributed by atoms with E-state index in [1.165, 1.54) is 0 Å². The van der Waals surface area contributed by atoms with Gasteiger partial charge in [0.05, 0.1) is 6.61 Å². The van der Waals surface area contributed by atoms with Crippen LogP contribution in [0.15, 0.2) is 24.3 Å². The summed E-state index contributed by atoms with van der Waals surface area (Å²) in [5.41, 5.74) is 7.45. The predicted molar refractivity (Wildman–Crippen MR) is 60.1 cm³/mol. The highest BCUT2D eigenvalue weighted by Gasteiger charge is 2.03. The van der Waals surface area contributed by atoms with E-state index in [1.807, 2.05) is 31.2 Å². The van der Waals surface area contributed by atoms with Crippen LogP contribution in [0.4, 0.5) is 11.4 Å². The van der Waals surface area contributed by atoms with Crippen LogP contribution < -0.4 is 10.6 Å². The SMILES string of the molecule is C[CH]CN(CCO)c1ccc(N)cc1. The molecule has 3 nitrogen and oxygen atoms in total. The first kappa shape index (κ1) is 10.9. The quantitative estimate of drug-likeness (QED) is 0.693. The van der Waals surface area contributed by atoms with Gasteiger partial charge < -0.3 is 15.7 Å². The molecule has 0 heterocycles. The summed E-state index contributed by atoms with van der Waals surface area (Å²) in [4.78, 5) is 2.10. The van der Waals surface area contributed by atoms with Crippen LogP contribution in [0.3, 0.4) is 0 Å². The molecule has 1 aromatic rings. The Labute approximate surface area is 85.2 Å². The van der Waals surface area contributed by atoms with Gasteiger partial charge in [-0.1, -0.05) is 6.92 Å². The van der Waals surface area contributed by atoms with Crippen LogP contribution in [0, 0.1) is 6.42 Å². The van der Waals surface area contributed by atoms with Crippen LogP contribution >= 0.6 is 0 Å². The second kappa shape index (κ2) is 5.50. The maximum atomic E-state index is 8.90. The van der Waals surface area contributed by atoms with Gasteiger partial charge in [0.1, 0.15) is 0 Å². The number of hydrogen-bond acceptors (Lipinski definition) is 3. The van der Waals surface area contributed by atoms with Gasteiger partial charge >= 0.3 is 0 Å². The van der Waals surface area contributed by atoms with Crippen LogP contribution in [0.1, 0.15) is 6.92 Å². The minimum absolute atomic E-state index is 0.165. The summed E-state index contributed by atoms with van der Waals surface area (Å²) in [6.45, 7) is 3.65. The molecule has 0 unspecified atom stereocenters. The summed E-state index contributed by atoms with van der Waals surface area (Å²) in [5.74, 6) is 0. The van der Waals surface area contributed by atoms with Crippen molar-refractivity contribution in [3.63, 3.8) is 0 Å². The van der Waals surface area contributed by atoms with Crippen molar-refractivity contribution in [2.24, 2.45) is 0 Å². The van der Waals surface area contributed by atoms with E-state index in [0.29, 0.717) is 6.54 Å². The highest BCUT2D eigenvalue weighted by molar-refractivity contribution is 5.53. The second-order valence-electron chi connectivity index (χ2n) is 3.17. The maximum absolute atomic E-state index is 8.90. The summed E-state index contributed by atoms with van der Waals surface area (Å²) in [6, 6.07) is 7.67. The van der Waals surface area contributed by atoms with Crippen LogP contribution in [-0.4, -0.2) is 24.8 Å². The van der Waals surface area contributed by atoms with Gasteiger partial charge in [-0.15, -0.1) is 0 Å². The predicted octanol–water partition coefficient (Wildman–Crippen LogP) is 1.29. The summed E-state index contributed by atoms with van der Waals surface area (Å²) in [7, 11) is 0. The molecule has 3 heteroatoms. The smallest absolute Gasteiger partial charge is 0.0606 e. The lowest BCUT2D eigenvalue weighted by molar-refractivity contribution is 0.302. The molecular weight excluding hydrogens is 176 g/mol. The molecule has 0 saturated carbocycles. The van der Waals surface area contributed by atoms with E-state index in [0.717, 1.165) is 17.9 Å². The fourth-order valence-corrected chi connectivity index (χ4v) is 1.35. The normalized spacial score (nSPS) is 10.1. The van der Waals surface area contributed by atoms with Crippen molar-refractivity contribution in [2.75, 3.05) is 30.3 Å². The Kier molecular flexibility index (Phi) is 4.26. The second-order valence-corrected chi connectivity index (χ2v) is 3.17. The fraction of sp³-hybridized carbons (Fsp3) is 0.364. The van der Waals surface area contributed by atoms with Crippen molar-refractivity contribution in [3.8, 4) is 0 Å². The molecule has 0 spiro atoms. The highest BCUT2D eigenvalue weighted by atomic mass is 16.3. The zero-order valence-corrected chi connectivity index (χ0v) is 8.48. The van der Waals surface area contributed by atoms with E-state index in [4.69, 9.17) is 10.8 Å². The molecule has 0 aliphatic heterocycles. The number of rotatable bonds is 5. The molecule has 0 atom stereocenters. The van der Waals surface area contributed by atoms with Crippen molar-refractivity contribution >= 4 is 11.4 Å². The Bertz CT molecular complexity index is 252. The first-order valence-corrected chi connectivity index (χ1v) is 4.77. The molecule has 0 amide bonds. The molecule has 3 N–H and O–H groups in total. The first-order chi connectivity index (χ1) is 6.77. The molecule has 1 aromatic carbocycles. The van der Waals surface area contributed by atoms with Crippen molar-refractivity contribution in [1.82, 2.24) is 0 Å². The molecule has 14 heavy (non-hydrogen) atoms. The third-order valence-electron chi connectivity index (χ3n) is 2.03. The number of benzene rings is 1. The third-order valence-corrected chi connectivity index (χ3v) is 2.03. The highest BCUT2D eigenvalue weighted by Crippen LogP contribution is 2.15. The van der Waals surface area contributed by atoms with E-state index in [9.17, 15) is 0 Å². The number of anilines is 2. The lowest BCUT2D eigenvalue weighted by Crippen LogP contribution is -2.27. The van der Waals surface area contributed by atoms with Gasteiger partial charge in [0.2, 0.25) is 0 Å². The van der Waals surface area contributed by atoms with Crippen molar-refractivity contribution < 1.29 is 5.11 Å². The number of aliphatic hydroxyl groups excluding tert-OH is 1. The Morgan fingerprint density at radius 2 is 2.00 bits per heavy atom. The maximum Gasteiger partial charge on any atom is 0.0606 e. The average Bonchev–Trinajstić information content (AvgIpc) is 2.19. The number of nitrogen functional groups attached to an aromatic ring is 1. The van der Waals surface area contributed by atoms with Crippen LogP contribution in [0.5, 0.6) is 0 Å². The zero-order valence-electron chi connectivity index (χ0n) is 8.48. The van der Waals surface area contributed by atoms with E-state index in [-0.39, 0.29) is 6.61 Å². The topological polar surface area (TPSA) is 49.5 Å². The average molecular weight is 193 g/mol. The van der Waals surface area contributed by atoms with Gasteiger partial charge in [-0.05, 0) is 30.7 Å². The van der Waals surface area contributed by atoms with E-state index in [2.05, 4.69) is 11.3 Å². The largest absolute Gasteiger partial charge is 0.399 e. The lowest BCUT2D eigenvalue weighted by Gasteiger charge is -2.23. The van der Waals surface area contributed by atoms with E-state index in [1.54, 1.807) is 0 Å². The Morgan fingerprint density at radius 3 is 2.50 bits per heavy atom. The molecule has 0 aliphatic rings. The molecule has 0 saturated heterocycles. The first-order valence-electron chi connectivity index (χ1n) is 4.77. The fourth-order valence-electron chi connectivity index (χ4n) is 1.35. The lowest BCUT2D eigenvalue weighted by atomic mass is 10.2. The van der Waals surface area contributed by atoms with Crippen molar-refractivity contribution in [2.45, 2.75) is 6.92 Å². The molecule has 0 aliphatic carbocycles. The van der Waals surface area contributed by atoms with Crippen molar-refractivity contribution in [1.29, 1.82) is 0 Å². The third kappa shape index (κ3) is 2.92. The molecule has 0 aromatic heterocycles. The van der Waals surface area contributed by atoms with Gasteiger partial charge in [-0.25, -0.2) is 0 Å². The van der Waals surface area contributed by atoms with Gasteiger partial charge in [-0.2, -0.15) is 0 Å². The minimum Gasteiger partial charge on any atom is -0.399 e. The summed E-state index contributed by atoms with van der Waals surface area (Å²) in [5, 5.41) is 8.90. The molecular formula is C11H17N2O. The molecule has 0 bridgehead atoms. The van der Waals surface area contributed by atoms with Gasteiger partial charge in [0, 0.05) is 24.5 Å². The molecule has 1 rings (SSSR count). The number of hydrogen-bond donors (Lipinski definition) is 2. The summed E-state index contributed by atoms with van der Waals surface area (Å²) in [6.07, 6.45) is 2.06. The van der Waals surface area contributed by atoms with Gasteiger partial charge in [0.15, 0.2) is 0 Å². The van der Waals surface area contributed by atoms with Crippen LogP contribution in [0.25, 0.3) is 0 Å². The standard InChI is InChI=1S/C11H17N2O/c1-2-7-13(8-9-14)11-5-3-10(12)4-6-11/h2-6,14H,7-9,12H2,1H3. The number of aliphatic hydroxyl groups is 1. The molecule has 0 fully saturated rings. The molecule has 77 valence electrons. The number of nitrogens with zero attached hydrogens (tertiary/aromatic N) is 1. The minimum atomic E-state index is 0.165. The Hall–Kier alpha value is -1.22. The monoisotopic (exact) mass is 193 g/mol. The van der Waals surface area contributed by atoms with Gasteiger partial charge in [-0.3, -0.25) is 0 Å². The van der Waals surface area contributed by atoms with Gasteiger partial charge in [0.25, 0.3) is 0 Å². The van der Waals surface area contributed by atoms with E-state index >= 15 is 0 Å². The van der Waals surface area contributed by atoms with Crippen LogP contribution in [-0.2, 0) is 0 Å².